The van der Waals surface area contributed by atoms with Crippen LogP contribution in [-0.4, -0.2) is 43.1 Å². The SMILES string of the molecule is C#CCOc1c(N)cc(Cl)cc1C(=O)NC1CN2CCC1CC2. The Bertz CT molecular complexity index is 648. The van der Waals surface area contributed by atoms with Gasteiger partial charge in [-0.05, 0) is 44.0 Å². The van der Waals surface area contributed by atoms with Gasteiger partial charge in [-0.1, -0.05) is 17.5 Å². The molecule has 5 nitrogen and oxygen atoms in total. The van der Waals surface area contributed by atoms with Gasteiger partial charge in [0.1, 0.15) is 6.61 Å². The van der Waals surface area contributed by atoms with Gasteiger partial charge in [-0.2, -0.15) is 0 Å². The molecule has 3 N–H and O–H groups in total. The first-order valence-electron chi connectivity index (χ1n) is 7.77. The number of terminal acetylenes is 1. The minimum atomic E-state index is -0.218. The molecule has 3 fully saturated rings. The maximum atomic E-state index is 12.7. The molecule has 0 radical (unpaired) electrons. The first-order valence-corrected chi connectivity index (χ1v) is 8.14. The highest BCUT2D eigenvalue weighted by Gasteiger charge is 2.35. The maximum Gasteiger partial charge on any atom is 0.255 e. The highest BCUT2D eigenvalue weighted by atomic mass is 35.5. The van der Waals surface area contributed by atoms with Crippen LogP contribution in [0.2, 0.25) is 5.02 Å². The van der Waals surface area contributed by atoms with Gasteiger partial charge in [-0.15, -0.1) is 6.42 Å². The van der Waals surface area contributed by atoms with Crippen molar-refractivity contribution in [3.05, 3.63) is 22.7 Å². The Kier molecular flexibility index (Phi) is 4.65. The monoisotopic (exact) mass is 333 g/mol. The van der Waals surface area contributed by atoms with E-state index in [-0.39, 0.29) is 18.6 Å². The van der Waals surface area contributed by atoms with Gasteiger partial charge in [0.15, 0.2) is 5.75 Å². The van der Waals surface area contributed by atoms with E-state index < -0.39 is 0 Å². The minimum Gasteiger partial charge on any atom is -0.478 e. The van der Waals surface area contributed by atoms with Crippen LogP contribution in [0, 0.1) is 18.3 Å². The predicted octanol–water partition coefficient (Wildman–Crippen LogP) is 1.76. The fraction of sp³-hybridized carbons (Fsp3) is 0.471. The fourth-order valence-corrected chi connectivity index (χ4v) is 3.66. The van der Waals surface area contributed by atoms with E-state index in [0.717, 1.165) is 32.5 Å². The second-order valence-corrected chi connectivity index (χ2v) is 6.52. The lowest BCUT2D eigenvalue weighted by Crippen LogP contribution is -2.57. The minimum absolute atomic E-state index is 0.0476. The molecule has 23 heavy (non-hydrogen) atoms. The molecule has 0 aliphatic carbocycles. The van der Waals surface area contributed by atoms with Crippen molar-refractivity contribution in [3.63, 3.8) is 0 Å². The van der Waals surface area contributed by atoms with Crippen molar-refractivity contribution in [1.82, 2.24) is 10.2 Å². The average molecular weight is 334 g/mol. The van der Waals surface area contributed by atoms with Crippen molar-refractivity contribution in [2.24, 2.45) is 5.92 Å². The molecule has 3 aliphatic rings. The number of nitrogens with two attached hydrogens (primary N) is 1. The third kappa shape index (κ3) is 3.39. The fourth-order valence-electron chi connectivity index (χ4n) is 3.43. The number of fused-ring (bicyclic) bond motifs is 3. The van der Waals surface area contributed by atoms with Crippen molar-refractivity contribution >= 4 is 23.2 Å². The Labute approximate surface area is 141 Å². The van der Waals surface area contributed by atoms with Crippen LogP contribution in [0.15, 0.2) is 12.1 Å². The highest BCUT2D eigenvalue weighted by molar-refractivity contribution is 6.31. The summed E-state index contributed by atoms with van der Waals surface area (Å²) in [6.07, 6.45) is 7.48. The number of halogens is 1. The Morgan fingerprint density at radius 2 is 2.22 bits per heavy atom. The number of carbonyl (C=O) groups excluding carboxylic acids is 1. The van der Waals surface area contributed by atoms with Gasteiger partial charge in [0.25, 0.3) is 5.91 Å². The largest absolute Gasteiger partial charge is 0.478 e. The first kappa shape index (κ1) is 16.0. The van der Waals surface area contributed by atoms with E-state index in [1.54, 1.807) is 12.1 Å². The molecule has 2 bridgehead atoms. The van der Waals surface area contributed by atoms with Crippen molar-refractivity contribution < 1.29 is 9.53 Å². The highest BCUT2D eigenvalue weighted by Crippen LogP contribution is 2.32. The molecule has 122 valence electrons. The number of carbonyl (C=O) groups is 1. The summed E-state index contributed by atoms with van der Waals surface area (Å²) in [7, 11) is 0. The zero-order valence-corrected chi connectivity index (χ0v) is 13.6. The molecule has 4 rings (SSSR count). The quantitative estimate of drug-likeness (QED) is 0.651. The molecule has 1 aromatic rings. The molecule has 1 unspecified atom stereocenters. The molecule has 1 atom stereocenters. The van der Waals surface area contributed by atoms with Gasteiger partial charge in [0.2, 0.25) is 0 Å². The Morgan fingerprint density at radius 3 is 2.83 bits per heavy atom. The lowest BCUT2D eigenvalue weighted by Gasteiger charge is -2.44. The standard InChI is InChI=1S/C17H20ClN3O2/c1-2-7-23-16-13(8-12(18)9-14(16)19)17(22)20-15-10-21-5-3-11(15)4-6-21/h1,8-9,11,15H,3-7,10,19H2,(H,20,22). The van der Waals surface area contributed by atoms with E-state index in [0.29, 0.717) is 27.9 Å². The smallest absolute Gasteiger partial charge is 0.255 e. The molecule has 1 amide bonds. The number of rotatable bonds is 4. The molecule has 0 saturated carbocycles. The number of amides is 1. The van der Waals surface area contributed by atoms with Crippen LogP contribution >= 0.6 is 11.6 Å². The van der Waals surface area contributed by atoms with Crippen molar-refractivity contribution in [2.45, 2.75) is 18.9 Å². The summed E-state index contributed by atoms with van der Waals surface area (Å²) >= 11 is 6.04. The molecule has 0 aromatic heterocycles. The van der Waals surface area contributed by atoms with Crippen LogP contribution in [0.25, 0.3) is 0 Å². The molecular weight excluding hydrogens is 314 g/mol. The van der Waals surface area contributed by atoms with Gasteiger partial charge < -0.3 is 20.7 Å². The molecule has 0 spiro atoms. The number of hydrogen-bond donors (Lipinski definition) is 2. The normalized spacial score (nSPS) is 25.7. The number of piperidine rings is 3. The van der Waals surface area contributed by atoms with Crippen LogP contribution in [0.5, 0.6) is 5.75 Å². The van der Waals surface area contributed by atoms with Crippen molar-refractivity contribution in [1.29, 1.82) is 0 Å². The summed E-state index contributed by atoms with van der Waals surface area (Å²) in [5.74, 6) is 3.00. The molecule has 3 heterocycles. The van der Waals surface area contributed by atoms with E-state index in [2.05, 4.69) is 16.1 Å². The summed E-state index contributed by atoms with van der Waals surface area (Å²) in [4.78, 5) is 15.1. The van der Waals surface area contributed by atoms with E-state index in [1.165, 1.54) is 0 Å². The van der Waals surface area contributed by atoms with E-state index in [1.807, 2.05) is 0 Å². The zero-order valence-electron chi connectivity index (χ0n) is 12.8. The summed E-state index contributed by atoms with van der Waals surface area (Å²) in [5.41, 5.74) is 6.57. The summed E-state index contributed by atoms with van der Waals surface area (Å²) < 4.78 is 5.45. The maximum absolute atomic E-state index is 12.7. The lowest BCUT2D eigenvalue weighted by molar-refractivity contribution is 0.0619. The van der Waals surface area contributed by atoms with E-state index in [9.17, 15) is 4.79 Å². The van der Waals surface area contributed by atoms with Gasteiger partial charge in [0.05, 0.1) is 11.3 Å². The number of hydrogen-bond acceptors (Lipinski definition) is 4. The number of anilines is 1. The van der Waals surface area contributed by atoms with Crippen LogP contribution in [0.4, 0.5) is 5.69 Å². The number of nitrogens with one attached hydrogen (secondary N) is 1. The second-order valence-electron chi connectivity index (χ2n) is 6.08. The molecule has 1 aromatic carbocycles. The number of nitrogens with zero attached hydrogens (tertiary/aromatic N) is 1. The molecular formula is C17H20ClN3O2. The Hall–Kier alpha value is -1.90. The van der Waals surface area contributed by atoms with E-state index >= 15 is 0 Å². The van der Waals surface area contributed by atoms with E-state index in [4.69, 9.17) is 28.5 Å². The van der Waals surface area contributed by atoms with Crippen molar-refractivity contribution in [2.75, 3.05) is 32.0 Å². The number of ether oxygens (including phenoxy) is 1. The topological polar surface area (TPSA) is 67.6 Å². The van der Waals surface area contributed by atoms with Crippen LogP contribution in [0.1, 0.15) is 23.2 Å². The van der Waals surface area contributed by atoms with Crippen LogP contribution < -0.4 is 15.8 Å². The Balaban J connectivity index is 1.80. The molecule has 6 heteroatoms. The third-order valence-corrected chi connectivity index (χ3v) is 4.82. The van der Waals surface area contributed by atoms with Gasteiger partial charge >= 0.3 is 0 Å². The number of nitrogen functional groups attached to an aromatic ring is 1. The first-order chi connectivity index (χ1) is 11.1. The van der Waals surface area contributed by atoms with Crippen LogP contribution in [-0.2, 0) is 0 Å². The lowest BCUT2D eigenvalue weighted by atomic mass is 9.84. The molecule has 3 saturated heterocycles. The summed E-state index contributed by atoms with van der Waals surface area (Å²) in [5, 5.41) is 3.51. The van der Waals surface area contributed by atoms with Crippen molar-refractivity contribution in [3.8, 4) is 18.1 Å². The van der Waals surface area contributed by atoms with Gasteiger partial charge in [-0.25, -0.2) is 0 Å². The van der Waals surface area contributed by atoms with Gasteiger partial charge in [-0.3, -0.25) is 4.79 Å². The molecule has 3 aliphatic heterocycles. The Morgan fingerprint density at radius 1 is 1.48 bits per heavy atom. The number of benzene rings is 1. The summed E-state index contributed by atoms with van der Waals surface area (Å²) in [6.45, 7) is 3.19. The zero-order chi connectivity index (χ0) is 16.4. The summed E-state index contributed by atoms with van der Waals surface area (Å²) in [6, 6.07) is 3.28. The van der Waals surface area contributed by atoms with Gasteiger partial charge in [0, 0.05) is 17.6 Å². The predicted molar refractivity (Wildman–Crippen MR) is 90.6 cm³/mol. The average Bonchev–Trinajstić information content (AvgIpc) is 2.54. The van der Waals surface area contributed by atoms with Crippen LogP contribution in [0.3, 0.4) is 0 Å². The third-order valence-electron chi connectivity index (χ3n) is 4.60. The second kappa shape index (κ2) is 6.69.